The highest BCUT2D eigenvalue weighted by molar-refractivity contribution is 5.89. The van der Waals surface area contributed by atoms with Crippen molar-refractivity contribution in [1.29, 1.82) is 0 Å². The van der Waals surface area contributed by atoms with Gasteiger partial charge in [0.05, 0.1) is 11.7 Å². The van der Waals surface area contributed by atoms with Crippen LogP contribution in [-0.2, 0) is 0 Å². The van der Waals surface area contributed by atoms with Crippen molar-refractivity contribution in [2.45, 2.75) is 13.0 Å². The monoisotopic (exact) mass is 316 g/mol. The summed E-state index contributed by atoms with van der Waals surface area (Å²) >= 11 is 0. The van der Waals surface area contributed by atoms with Gasteiger partial charge in [0.1, 0.15) is 23.0 Å². The number of rotatable bonds is 3. The molecule has 1 aromatic heterocycles. The average molecular weight is 316 g/mol. The number of fused-ring (bicyclic) bond motifs is 1. The summed E-state index contributed by atoms with van der Waals surface area (Å²) in [4.78, 5) is 11.9. The molecule has 2 amide bonds. The van der Waals surface area contributed by atoms with Gasteiger partial charge in [0, 0.05) is 11.5 Å². The minimum absolute atomic E-state index is 0.223. The van der Waals surface area contributed by atoms with E-state index in [-0.39, 0.29) is 5.69 Å². The van der Waals surface area contributed by atoms with Gasteiger partial charge in [-0.15, -0.1) is 0 Å². The van der Waals surface area contributed by atoms with E-state index in [1.54, 1.807) is 6.92 Å². The molecule has 3 rings (SSSR count). The molecule has 0 radical (unpaired) electrons. The summed E-state index contributed by atoms with van der Waals surface area (Å²) in [6, 6.07) is 11.1. The Kier molecular flexibility index (Phi) is 3.97. The van der Waals surface area contributed by atoms with Crippen LogP contribution in [0, 0.1) is 11.6 Å². The van der Waals surface area contributed by atoms with Gasteiger partial charge in [0.2, 0.25) is 0 Å². The lowest BCUT2D eigenvalue weighted by Gasteiger charge is -2.13. The quantitative estimate of drug-likeness (QED) is 0.742. The fraction of sp³-hybridized carbons (Fsp3) is 0.118. The van der Waals surface area contributed by atoms with E-state index in [0.29, 0.717) is 11.3 Å². The zero-order chi connectivity index (χ0) is 16.4. The summed E-state index contributed by atoms with van der Waals surface area (Å²) in [7, 11) is 0. The average Bonchev–Trinajstić information content (AvgIpc) is 2.95. The zero-order valence-corrected chi connectivity index (χ0v) is 12.3. The van der Waals surface area contributed by atoms with E-state index in [0.717, 1.165) is 23.6 Å². The second-order valence-corrected chi connectivity index (χ2v) is 5.13. The number of hydrogen-bond donors (Lipinski definition) is 2. The molecule has 2 N–H and O–H groups in total. The van der Waals surface area contributed by atoms with Gasteiger partial charge in [-0.1, -0.05) is 18.2 Å². The van der Waals surface area contributed by atoms with Crippen molar-refractivity contribution in [1.82, 2.24) is 5.32 Å². The lowest BCUT2D eigenvalue weighted by molar-refractivity contribution is 0.247. The number of hydrogen-bond acceptors (Lipinski definition) is 2. The third-order valence-corrected chi connectivity index (χ3v) is 3.40. The molecule has 1 heterocycles. The van der Waals surface area contributed by atoms with Crippen LogP contribution in [0.4, 0.5) is 19.3 Å². The molecule has 0 bridgehead atoms. The van der Waals surface area contributed by atoms with Crippen molar-refractivity contribution in [3.8, 4) is 0 Å². The minimum atomic E-state index is -0.710. The van der Waals surface area contributed by atoms with Crippen LogP contribution in [0.2, 0.25) is 0 Å². The highest BCUT2D eigenvalue weighted by Gasteiger charge is 2.15. The van der Waals surface area contributed by atoms with E-state index in [2.05, 4.69) is 10.6 Å². The minimum Gasteiger partial charge on any atom is -0.459 e. The second kappa shape index (κ2) is 6.08. The number of benzene rings is 2. The predicted molar refractivity (Wildman–Crippen MR) is 83.1 cm³/mol. The van der Waals surface area contributed by atoms with E-state index in [4.69, 9.17) is 4.42 Å². The molecule has 1 atom stereocenters. The fourth-order valence-electron chi connectivity index (χ4n) is 2.24. The van der Waals surface area contributed by atoms with Gasteiger partial charge in [0.25, 0.3) is 0 Å². The topological polar surface area (TPSA) is 54.3 Å². The fourth-order valence-corrected chi connectivity index (χ4v) is 2.24. The molecule has 0 saturated heterocycles. The maximum Gasteiger partial charge on any atom is 0.319 e. The molecule has 4 nitrogen and oxygen atoms in total. The Labute approximate surface area is 131 Å². The molecule has 2 aromatic carbocycles. The Hall–Kier alpha value is -2.89. The molecule has 0 aliphatic carbocycles. The van der Waals surface area contributed by atoms with Crippen molar-refractivity contribution in [3.63, 3.8) is 0 Å². The van der Waals surface area contributed by atoms with Gasteiger partial charge in [-0.25, -0.2) is 13.6 Å². The molecule has 23 heavy (non-hydrogen) atoms. The first-order valence-electron chi connectivity index (χ1n) is 7.04. The molecular weight excluding hydrogens is 302 g/mol. The number of para-hydroxylation sites is 1. The third-order valence-electron chi connectivity index (χ3n) is 3.40. The molecule has 3 aromatic rings. The number of carbonyl (C=O) groups is 1. The maximum atomic E-state index is 13.5. The standard InChI is InChI=1S/C17H14F2N2O2/c1-10(16-8-11-4-2-3-5-15(11)23-16)20-17(22)21-14-9-12(18)6-7-13(14)19/h2-10H,1H3,(H2,20,21,22). The number of nitrogens with one attached hydrogen (secondary N) is 2. The molecule has 0 spiro atoms. The highest BCUT2D eigenvalue weighted by atomic mass is 19.1. The van der Waals surface area contributed by atoms with Crippen molar-refractivity contribution in [2.75, 3.05) is 5.32 Å². The van der Waals surface area contributed by atoms with E-state index >= 15 is 0 Å². The number of carbonyl (C=O) groups excluding carboxylic acids is 1. The van der Waals surface area contributed by atoms with Crippen LogP contribution in [0.1, 0.15) is 18.7 Å². The smallest absolute Gasteiger partial charge is 0.319 e. The van der Waals surface area contributed by atoms with Crippen LogP contribution in [-0.4, -0.2) is 6.03 Å². The van der Waals surface area contributed by atoms with Crippen molar-refractivity contribution < 1.29 is 18.0 Å². The SMILES string of the molecule is CC(NC(=O)Nc1cc(F)ccc1F)c1cc2ccccc2o1. The number of urea groups is 1. The molecule has 0 fully saturated rings. The Morgan fingerprint density at radius 1 is 1.13 bits per heavy atom. The molecule has 0 aliphatic rings. The number of anilines is 1. The number of furan rings is 1. The lowest BCUT2D eigenvalue weighted by atomic mass is 10.2. The zero-order valence-electron chi connectivity index (χ0n) is 12.3. The third kappa shape index (κ3) is 3.31. The predicted octanol–water partition coefficient (Wildman–Crippen LogP) is 4.59. The largest absolute Gasteiger partial charge is 0.459 e. The van der Waals surface area contributed by atoms with Crippen LogP contribution in [0.5, 0.6) is 0 Å². The Bertz CT molecular complexity index is 828. The van der Waals surface area contributed by atoms with Gasteiger partial charge in [0.15, 0.2) is 0 Å². The van der Waals surface area contributed by atoms with Crippen LogP contribution < -0.4 is 10.6 Å². The Morgan fingerprint density at radius 3 is 2.70 bits per heavy atom. The van der Waals surface area contributed by atoms with Crippen LogP contribution in [0.15, 0.2) is 52.9 Å². The van der Waals surface area contributed by atoms with Crippen LogP contribution >= 0.6 is 0 Å². The summed E-state index contributed by atoms with van der Waals surface area (Å²) in [5.74, 6) is -0.772. The van der Waals surface area contributed by atoms with Gasteiger partial charge >= 0.3 is 6.03 Å². The van der Waals surface area contributed by atoms with Crippen molar-refractivity contribution in [2.24, 2.45) is 0 Å². The van der Waals surface area contributed by atoms with Crippen LogP contribution in [0.3, 0.4) is 0 Å². The summed E-state index contributed by atoms with van der Waals surface area (Å²) in [5, 5.41) is 5.82. The molecule has 1 unspecified atom stereocenters. The van der Waals surface area contributed by atoms with E-state index in [1.807, 2.05) is 30.3 Å². The summed E-state index contributed by atoms with van der Waals surface area (Å²) in [6.45, 7) is 1.74. The number of halogens is 2. The molecule has 0 aliphatic heterocycles. The summed E-state index contributed by atoms with van der Waals surface area (Å²) in [6.07, 6.45) is 0. The first-order valence-corrected chi connectivity index (χ1v) is 7.04. The van der Waals surface area contributed by atoms with Crippen molar-refractivity contribution >= 4 is 22.7 Å². The highest BCUT2D eigenvalue weighted by Crippen LogP contribution is 2.23. The van der Waals surface area contributed by atoms with Gasteiger partial charge < -0.3 is 15.1 Å². The second-order valence-electron chi connectivity index (χ2n) is 5.13. The summed E-state index contributed by atoms with van der Waals surface area (Å²) < 4.78 is 32.2. The normalized spacial score (nSPS) is 12.1. The van der Waals surface area contributed by atoms with Gasteiger partial charge in [-0.05, 0) is 31.2 Å². The molecule has 6 heteroatoms. The van der Waals surface area contributed by atoms with Crippen molar-refractivity contribution in [3.05, 3.63) is 65.9 Å². The maximum absolute atomic E-state index is 13.5. The molecule has 118 valence electrons. The van der Waals surface area contributed by atoms with Crippen LogP contribution in [0.25, 0.3) is 11.0 Å². The Balaban J connectivity index is 1.70. The van der Waals surface area contributed by atoms with Gasteiger partial charge in [-0.2, -0.15) is 0 Å². The van der Waals surface area contributed by atoms with E-state index < -0.39 is 23.7 Å². The number of amides is 2. The summed E-state index contributed by atoms with van der Waals surface area (Å²) in [5.41, 5.74) is 0.493. The van der Waals surface area contributed by atoms with E-state index in [9.17, 15) is 13.6 Å². The Morgan fingerprint density at radius 2 is 1.91 bits per heavy atom. The first kappa shape index (κ1) is 15.0. The molecular formula is C17H14F2N2O2. The van der Waals surface area contributed by atoms with Gasteiger partial charge in [-0.3, -0.25) is 0 Å². The first-order chi connectivity index (χ1) is 11.0. The molecule has 0 saturated carbocycles. The van der Waals surface area contributed by atoms with E-state index in [1.165, 1.54) is 0 Å². The lowest BCUT2D eigenvalue weighted by Crippen LogP contribution is -2.31.